The van der Waals surface area contributed by atoms with Gasteiger partial charge in [-0.1, -0.05) is 24.3 Å². The van der Waals surface area contributed by atoms with E-state index >= 15 is 0 Å². The summed E-state index contributed by atoms with van der Waals surface area (Å²) >= 11 is 0. The first-order chi connectivity index (χ1) is 10.7. The summed E-state index contributed by atoms with van der Waals surface area (Å²) < 4.78 is 10.7. The van der Waals surface area contributed by atoms with Gasteiger partial charge in [0.1, 0.15) is 11.5 Å². The molecule has 0 atom stereocenters. The Morgan fingerprint density at radius 1 is 0.864 bits per heavy atom. The minimum atomic E-state index is 0.842. The number of rotatable bonds is 4. The Balaban J connectivity index is 2.10. The molecule has 22 heavy (non-hydrogen) atoms. The van der Waals surface area contributed by atoms with Crippen molar-refractivity contribution in [1.82, 2.24) is 0 Å². The van der Waals surface area contributed by atoms with Crippen LogP contribution >= 0.6 is 0 Å². The summed E-state index contributed by atoms with van der Waals surface area (Å²) in [6.45, 7) is 2.06. The number of methoxy groups -OCH3 is 2. The minimum Gasteiger partial charge on any atom is -0.497 e. The van der Waals surface area contributed by atoms with Crippen LogP contribution in [0.3, 0.4) is 0 Å². The van der Waals surface area contributed by atoms with Gasteiger partial charge in [0.05, 0.1) is 19.9 Å². The SMILES string of the molecule is COc1cccc(C2=C(c3cccc(OC)c3)N=C(C)C2)c1. The van der Waals surface area contributed by atoms with E-state index in [9.17, 15) is 0 Å². The van der Waals surface area contributed by atoms with E-state index in [1.165, 1.54) is 5.57 Å². The number of nitrogens with zero attached hydrogens (tertiary/aromatic N) is 1. The molecule has 0 radical (unpaired) electrons. The van der Waals surface area contributed by atoms with Crippen LogP contribution in [0.1, 0.15) is 24.5 Å². The van der Waals surface area contributed by atoms with E-state index in [-0.39, 0.29) is 0 Å². The van der Waals surface area contributed by atoms with Crippen LogP contribution in [0.5, 0.6) is 11.5 Å². The van der Waals surface area contributed by atoms with Crippen LogP contribution in [0.15, 0.2) is 53.5 Å². The summed E-state index contributed by atoms with van der Waals surface area (Å²) in [7, 11) is 3.37. The molecular formula is C19H19NO2. The Hall–Kier alpha value is -2.55. The number of aliphatic imine (C=N–C) groups is 1. The maximum atomic E-state index is 5.34. The van der Waals surface area contributed by atoms with E-state index in [2.05, 4.69) is 25.1 Å². The van der Waals surface area contributed by atoms with Crippen LogP contribution in [0.4, 0.5) is 0 Å². The lowest BCUT2D eigenvalue weighted by atomic mass is 9.98. The average molecular weight is 293 g/mol. The highest BCUT2D eigenvalue weighted by atomic mass is 16.5. The maximum Gasteiger partial charge on any atom is 0.119 e. The monoisotopic (exact) mass is 293 g/mol. The first kappa shape index (κ1) is 14.4. The van der Waals surface area contributed by atoms with Crippen molar-refractivity contribution in [2.24, 2.45) is 4.99 Å². The Kier molecular flexibility index (Phi) is 3.96. The second kappa shape index (κ2) is 6.06. The molecular weight excluding hydrogens is 274 g/mol. The average Bonchev–Trinajstić information content (AvgIpc) is 2.97. The lowest BCUT2D eigenvalue weighted by Gasteiger charge is -2.09. The second-order valence-corrected chi connectivity index (χ2v) is 5.31. The van der Waals surface area contributed by atoms with Crippen molar-refractivity contribution in [3.63, 3.8) is 0 Å². The molecule has 0 fully saturated rings. The molecule has 3 heteroatoms. The molecule has 1 heterocycles. The molecule has 3 rings (SSSR count). The van der Waals surface area contributed by atoms with Crippen LogP contribution < -0.4 is 9.47 Å². The molecule has 1 aliphatic rings. The summed E-state index contributed by atoms with van der Waals surface area (Å²) in [5.74, 6) is 1.70. The fourth-order valence-corrected chi connectivity index (χ4v) is 2.70. The predicted molar refractivity (Wildman–Crippen MR) is 90.5 cm³/mol. The molecule has 0 saturated carbocycles. The Bertz CT molecular complexity index is 760. The molecule has 0 spiro atoms. The van der Waals surface area contributed by atoms with Gasteiger partial charge in [0.25, 0.3) is 0 Å². The van der Waals surface area contributed by atoms with Gasteiger partial charge in [-0.25, -0.2) is 0 Å². The highest BCUT2D eigenvalue weighted by Crippen LogP contribution is 2.37. The van der Waals surface area contributed by atoms with Crippen molar-refractivity contribution in [2.75, 3.05) is 14.2 Å². The zero-order chi connectivity index (χ0) is 15.5. The third-order valence-corrected chi connectivity index (χ3v) is 3.78. The molecule has 0 unspecified atom stereocenters. The van der Waals surface area contributed by atoms with E-state index in [4.69, 9.17) is 14.5 Å². The molecule has 1 aliphatic heterocycles. The first-order valence-corrected chi connectivity index (χ1v) is 7.27. The molecule has 0 aliphatic carbocycles. The molecule has 112 valence electrons. The van der Waals surface area contributed by atoms with Crippen molar-refractivity contribution >= 4 is 17.0 Å². The Labute approximate surface area is 130 Å². The number of hydrogen-bond acceptors (Lipinski definition) is 3. The molecule has 0 amide bonds. The molecule has 3 nitrogen and oxygen atoms in total. The zero-order valence-electron chi connectivity index (χ0n) is 13.1. The van der Waals surface area contributed by atoms with E-state index in [0.29, 0.717) is 0 Å². The van der Waals surface area contributed by atoms with Crippen molar-refractivity contribution < 1.29 is 9.47 Å². The summed E-state index contributed by atoms with van der Waals surface area (Å²) in [5.41, 5.74) is 5.59. The van der Waals surface area contributed by atoms with Crippen molar-refractivity contribution in [3.8, 4) is 11.5 Å². The van der Waals surface area contributed by atoms with Gasteiger partial charge in [-0.15, -0.1) is 0 Å². The van der Waals surface area contributed by atoms with Gasteiger partial charge in [0.15, 0.2) is 0 Å². The van der Waals surface area contributed by atoms with E-state index < -0.39 is 0 Å². The number of benzene rings is 2. The molecule has 0 saturated heterocycles. The molecule has 0 bridgehead atoms. The summed E-state index contributed by atoms with van der Waals surface area (Å²) in [6, 6.07) is 16.2. The fraction of sp³-hybridized carbons (Fsp3) is 0.211. The number of hydrogen-bond donors (Lipinski definition) is 0. The summed E-state index contributed by atoms with van der Waals surface area (Å²) in [5, 5.41) is 0. The third kappa shape index (κ3) is 2.75. The van der Waals surface area contributed by atoms with E-state index in [1.54, 1.807) is 14.2 Å². The van der Waals surface area contributed by atoms with Gasteiger partial charge >= 0.3 is 0 Å². The first-order valence-electron chi connectivity index (χ1n) is 7.27. The van der Waals surface area contributed by atoms with Gasteiger partial charge < -0.3 is 9.47 Å². The fourth-order valence-electron chi connectivity index (χ4n) is 2.70. The smallest absolute Gasteiger partial charge is 0.119 e. The van der Waals surface area contributed by atoms with Crippen molar-refractivity contribution in [2.45, 2.75) is 13.3 Å². The van der Waals surface area contributed by atoms with Crippen LogP contribution in [-0.4, -0.2) is 19.9 Å². The Morgan fingerprint density at radius 3 is 2.09 bits per heavy atom. The summed E-state index contributed by atoms with van der Waals surface area (Å²) in [4.78, 5) is 4.75. The van der Waals surface area contributed by atoms with Crippen LogP contribution in [0, 0.1) is 0 Å². The standard InChI is InChI=1S/C19H19NO2/c1-13-10-18(14-6-4-8-16(11-14)21-2)19(20-13)15-7-5-9-17(12-15)22-3/h4-9,11-12H,10H2,1-3H3. The molecule has 2 aromatic rings. The number of allylic oxidation sites excluding steroid dienone is 1. The van der Waals surface area contributed by atoms with Crippen molar-refractivity contribution in [1.29, 1.82) is 0 Å². The van der Waals surface area contributed by atoms with Gasteiger partial charge in [-0.2, -0.15) is 0 Å². The predicted octanol–water partition coefficient (Wildman–Crippen LogP) is 4.44. The zero-order valence-corrected chi connectivity index (χ0v) is 13.1. The Morgan fingerprint density at radius 2 is 1.45 bits per heavy atom. The molecule has 0 N–H and O–H groups in total. The normalized spacial score (nSPS) is 14.0. The van der Waals surface area contributed by atoms with E-state index in [1.807, 2.05) is 30.3 Å². The van der Waals surface area contributed by atoms with Crippen LogP contribution in [0.2, 0.25) is 0 Å². The number of ether oxygens (including phenoxy) is 2. The van der Waals surface area contributed by atoms with Gasteiger partial charge in [-0.05, 0) is 42.3 Å². The van der Waals surface area contributed by atoms with Crippen molar-refractivity contribution in [3.05, 3.63) is 59.7 Å². The molecule has 0 aromatic heterocycles. The van der Waals surface area contributed by atoms with Gasteiger partial charge in [-0.3, -0.25) is 4.99 Å². The minimum absolute atomic E-state index is 0.842. The second-order valence-electron chi connectivity index (χ2n) is 5.31. The lowest BCUT2D eigenvalue weighted by molar-refractivity contribution is 0.414. The van der Waals surface area contributed by atoms with Crippen LogP contribution in [0.25, 0.3) is 11.3 Å². The quantitative estimate of drug-likeness (QED) is 0.834. The highest BCUT2D eigenvalue weighted by molar-refractivity contribution is 6.09. The maximum absolute atomic E-state index is 5.34. The summed E-state index contributed by atoms with van der Waals surface area (Å²) in [6.07, 6.45) is 0.861. The molecule has 2 aromatic carbocycles. The largest absolute Gasteiger partial charge is 0.497 e. The van der Waals surface area contributed by atoms with Crippen LogP contribution in [-0.2, 0) is 0 Å². The van der Waals surface area contributed by atoms with E-state index in [0.717, 1.165) is 40.5 Å². The lowest BCUT2D eigenvalue weighted by Crippen LogP contribution is -1.91. The third-order valence-electron chi connectivity index (χ3n) is 3.78. The highest BCUT2D eigenvalue weighted by Gasteiger charge is 2.19. The van der Waals surface area contributed by atoms with Gasteiger partial charge in [0, 0.05) is 17.7 Å². The van der Waals surface area contributed by atoms with Gasteiger partial charge in [0.2, 0.25) is 0 Å². The topological polar surface area (TPSA) is 30.8 Å².